The number of aliphatic imine (C=N–C) groups is 1. The Labute approximate surface area is 212 Å². The number of rotatable bonds is 7. The second-order valence-corrected chi connectivity index (χ2v) is 9.03. The third-order valence-corrected chi connectivity index (χ3v) is 6.43. The van der Waals surface area contributed by atoms with Crippen molar-refractivity contribution in [2.45, 2.75) is 20.5 Å². The van der Waals surface area contributed by atoms with Gasteiger partial charge in [-0.3, -0.25) is 15.2 Å². The lowest BCUT2D eigenvalue weighted by atomic mass is 10.1. The van der Waals surface area contributed by atoms with Crippen LogP contribution < -0.4 is 9.47 Å². The maximum absolute atomic E-state index is 12.8. The molecule has 9 heteroatoms. The Bertz CT molecular complexity index is 1420. The van der Waals surface area contributed by atoms with Gasteiger partial charge in [-0.25, -0.2) is 0 Å². The van der Waals surface area contributed by atoms with Crippen LogP contribution in [0.4, 0.5) is 0 Å². The topological polar surface area (TPSA) is 100 Å². The number of hydrogen-bond acceptors (Lipinski definition) is 7. The van der Waals surface area contributed by atoms with Crippen molar-refractivity contribution in [1.82, 2.24) is 9.99 Å². The first-order chi connectivity index (χ1) is 17.5. The zero-order valence-electron chi connectivity index (χ0n) is 19.8. The molecule has 1 N–H and O–H groups in total. The van der Waals surface area contributed by atoms with E-state index >= 15 is 0 Å². The van der Waals surface area contributed by atoms with Crippen molar-refractivity contribution in [3.63, 3.8) is 0 Å². The van der Waals surface area contributed by atoms with Gasteiger partial charge in [0.25, 0.3) is 5.91 Å². The SMILES string of the molecule is CCOc1cc(C=C2C(=N)N3N=C(c4ccncc4)SC3=NC2=O)ccc1OCc1ccc(C)cc1. The largest absolute Gasteiger partial charge is 0.490 e. The Kier molecular flexibility index (Phi) is 6.64. The first kappa shape index (κ1) is 23.5. The highest BCUT2D eigenvalue weighted by atomic mass is 32.2. The van der Waals surface area contributed by atoms with Crippen molar-refractivity contribution in [2.24, 2.45) is 10.1 Å². The molecule has 0 bridgehead atoms. The Morgan fingerprint density at radius 2 is 1.81 bits per heavy atom. The van der Waals surface area contributed by atoms with Crippen LogP contribution in [0.25, 0.3) is 6.08 Å². The Morgan fingerprint density at radius 3 is 2.56 bits per heavy atom. The molecule has 2 aliphatic heterocycles. The molecule has 2 aromatic carbocycles. The summed E-state index contributed by atoms with van der Waals surface area (Å²) < 4.78 is 11.8. The van der Waals surface area contributed by atoms with Gasteiger partial charge in [-0.05, 0) is 67.1 Å². The lowest BCUT2D eigenvalue weighted by Crippen LogP contribution is -2.35. The molecule has 0 fully saturated rings. The maximum atomic E-state index is 12.8. The number of nitrogens with one attached hydrogen (secondary N) is 1. The number of nitrogens with zero attached hydrogens (tertiary/aromatic N) is 4. The van der Waals surface area contributed by atoms with E-state index in [0.717, 1.165) is 11.1 Å². The fraction of sp³-hybridized carbons (Fsp3) is 0.148. The number of thioether (sulfide) groups is 1. The Hall–Kier alpha value is -4.24. The van der Waals surface area contributed by atoms with E-state index in [-0.39, 0.29) is 11.4 Å². The molecule has 0 atom stereocenters. The van der Waals surface area contributed by atoms with Crippen LogP contribution in [0.1, 0.15) is 29.2 Å². The summed E-state index contributed by atoms with van der Waals surface area (Å²) in [7, 11) is 0. The predicted octanol–water partition coefficient (Wildman–Crippen LogP) is 5.04. The molecule has 0 saturated heterocycles. The van der Waals surface area contributed by atoms with Crippen molar-refractivity contribution < 1.29 is 14.3 Å². The zero-order valence-corrected chi connectivity index (χ0v) is 20.6. The van der Waals surface area contributed by atoms with E-state index in [0.29, 0.717) is 40.5 Å². The normalized spacial score (nSPS) is 16.1. The summed E-state index contributed by atoms with van der Waals surface area (Å²) in [6, 6.07) is 17.2. The molecule has 3 heterocycles. The average molecular weight is 498 g/mol. The third kappa shape index (κ3) is 4.92. The number of amidine groups is 2. The van der Waals surface area contributed by atoms with E-state index in [9.17, 15) is 4.79 Å². The van der Waals surface area contributed by atoms with Crippen LogP contribution in [-0.4, -0.2) is 38.6 Å². The lowest BCUT2D eigenvalue weighted by Gasteiger charge is -2.20. The minimum absolute atomic E-state index is 0.0285. The fourth-order valence-electron chi connectivity index (χ4n) is 3.62. The number of aryl methyl sites for hydroxylation is 1. The van der Waals surface area contributed by atoms with Gasteiger partial charge in [0, 0.05) is 18.0 Å². The van der Waals surface area contributed by atoms with Crippen molar-refractivity contribution >= 4 is 39.8 Å². The first-order valence-corrected chi connectivity index (χ1v) is 12.2. The van der Waals surface area contributed by atoms with Crippen molar-refractivity contribution in [1.29, 1.82) is 5.41 Å². The summed E-state index contributed by atoms with van der Waals surface area (Å²) >= 11 is 1.25. The molecule has 36 heavy (non-hydrogen) atoms. The first-order valence-electron chi connectivity index (χ1n) is 11.4. The summed E-state index contributed by atoms with van der Waals surface area (Å²) in [5.74, 6) is 0.655. The third-order valence-electron chi connectivity index (χ3n) is 5.48. The molecule has 180 valence electrons. The van der Waals surface area contributed by atoms with Gasteiger partial charge in [0.1, 0.15) is 11.7 Å². The predicted molar refractivity (Wildman–Crippen MR) is 141 cm³/mol. The molecule has 8 nitrogen and oxygen atoms in total. The van der Waals surface area contributed by atoms with Gasteiger partial charge in [-0.1, -0.05) is 35.9 Å². The second kappa shape index (κ2) is 10.2. The van der Waals surface area contributed by atoms with Crippen LogP contribution in [-0.2, 0) is 11.4 Å². The standard InChI is InChI=1S/C27H23N5O3S/c1-3-34-23-15-19(8-9-22(23)35-16-18-6-4-17(2)5-7-18)14-21-24(28)32-27(30-25(21)33)36-26(31-32)20-10-12-29-13-11-20/h4-15,28H,3,16H2,1-2H3. The molecule has 0 saturated carbocycles. The number of amides is 1. The molecule has 3 aromatic rings. The number of fused-ring (bicyclic) bond motifs is 1. The zero-order chi connectivity index (χ0) is 25.1. The van der Waals surface area contributed by atoms with E-state index in [4.69, 9.17) is 14.9 Å². The molecule has 0 unspecified atom stereocenters. The minimum Gasteiger partial charge on any atom is -0.490 e. The van der Waals surface area contributed by atoms with Gasteiger partial charge in [-0.15, -0.1) is 0 Å². The van der Waals surface area contributed by atoms with Gasteiger partial charge in [-0.2, -0.15) is 15.1 Å². The second-order valence-electron chi connectivity index (χ2n) is 8.07. The van der Waals surface area contributed by atoms with Gasteiger partial charge < -0.3 is 9.47 Å². The summed E-state index contributed by atoms with van der Waals surface area (Å²) in [5.41, 5.74) is 3.94. The van der Waals surface area contributed by atoms with E-state index in [2.05, 4.69) is 15.1 Å². The summed E-state index contributed by atoms with van der Waals surface area (Å²) in [4.78, 5) is 21.0. The highest BCUT2D eigenvalue weighted by Gasteiger charge is 2.36. The van der Waals surface area contributed by atoms with E-state index in [1.54, 1.807) is 24.5 Å². The number of benzene rings is 2. The highest BCUT2D eigenvalue weighted by molar-refractivity contribution is 8.27. The molecule has 0 radical (unpaired) electrons. The fourth-order valence-corrected chi connectivity index (χ4v) is 4.51. The van der Waals surface area contributed by atoms with E-state index in [1.165, 1.54) is 22.3 Å². The summed E-state index contributed by atoms with van der Waals surface area (Å²) in [5, 5.41) is 15.5. The van der Waals surface area contributed by atoms with E-state index < -0.39 is 5.91 Å². The molecule has 0 spiro atoms. The Morgan fingerprint density at radius 1 is 1.03 bits per heavy atom. The van der Waals surface area contributed by atoms with Crippen LogP contribution in [0.15, 0.2) is 82.7 Å². The molecule has 1 amide bonds. The number of carbonyl (C=O) groups is 1. The van der Waals surface area contributed by atoms with Crippen LogP contribution >= 0.6 is 11.8 Å². The highest BCUT2D eigenvalue weighted by Crippen LogP contribution is 2.33. The minimum atomic E-state index is -0.484. The average Bonchev–Trinajstić information content (AvgIpc) is 3.32. The molecular weight excluding hydrogens is 474 g/mol. The molecule has 5 rings (SSSR count). The summed E-state index contributed by atoms with van der Waals surface area (Å²) in [6.45, 7) is 4.81. The maximum Gasteiger partial charge on any atom is 0.283 e. The Balaban J connectivity index is 1.38. The van der Waals surface area contributed by atoms with Gasteiger partial charge in [0.05, 0.1) is 12.2 Å². The van der Waals surface area contributed by atoms with Gasteiger partial charge in [0.2, 0.25) is 5.17 Å². The van der Waals surface area contributed by atoms with Crippen molar-refractivity contribution in [3.05, 3.63) is 94.8 Å². The quantitative estimate of drug-likeness (QED) is 0.459. The number of hydrogen-bond donors (Lipinski definition) is 1. The van der Waals surface area contributed by atoms with E-state index in [1.807, 2.05) is 62.4 Å². The van der Waals surface area contributed by atoms with Crippen molar-refractivity contribution in [3.8, 4) is 11.5 Å². The molecule has 2 aliphatic rings. The molecule has 1 aromatic heterocycles. The number of ether oxygens (including phenoxy) is 2. The smallest absolute Gasteiger partial charge is 0.283 e. The molecule has 0 aliphatic carbocycles. The number of pyridine rings is 1. The van der Waals surface area contributed by atoms with Crippen LogP contribution in [0.3, 0.4) is 0 Å². The van der Waals surface area contributed by atoms with Crippen molar-refractivity contribution in [2.75, 3.05) is 6.61 Å². The summed E-state index contributed by atoms with van der Waals surface area (Å²) in [6.07, 6.45) is 4.97. The lowest BCUT2D eigenvalue weighted by molar-refractivity contribution is -0.114. The molecular formula is C27H23N5O3S. The number of hydrazone groups is 1. The van der Waals surface area contributed by atoms with Gasteiger partial charge >= 0.3 is 0 Å². The van der Waals surface area contributed by atoms with Gasteiger partial charge in [0.15, 0.2) is 17.3 Å². The van der Waals surface area contributed by atoms with Crippen LogP contribution in [0, 0.1) is 12.3 Å². The number of aromatic nitrogens is 1. The van der Waals surface area contributed by atoms with Crippen LogP contribution in [0.2, 0.25) is 0 Å². The monoisotopic (exact) mass is 497 g/mol. The number of carbonyl (C=O) groups excluding carboxylic acids is 1. The van der Waals surface area contributed by atoms with Crippen LogP contribution in [0.5, 0.6) is 11.5 Å².